The Morgan fingerprint density at radius 1 is 1.17 bits per heavy atom. The van der Waals surface area contributed by atoms with Crippen molar-refractivity contribution < 1.29 is 19.1 Å². The lowest BCUT2D eigenvalue weighted by Gasteiger charge is -2.27. The van der Waals surface area contributed by atoms with Gasteiger partial charge in [0.15, 0.2) is 5.75 Å². The number of hydrogen-bond acceptors (Lipinski definition) is 8. The molecule has 1 saturated carbocycles. The molecule has 5 rings (SSSR count). The van der Waals surface area contributed by atoms with Gasteiger partial charge in [0.2, 0.25) is 0 Å². The summed E-state index contributed by atoms with van der Waals surface area (Å²) in [6.45, 7) is 5.68. The van der Waals surface area contributed by atoms with Crippen LogP contribution in [0.25, 0.3) is 0 Å². The van der Waals surface area contributed by atoms with Crippen LogP contribution in [0.3, 0.4) is 0 Å². The smallest absolute Gasteiger partial charge is 0.257 e. The minimum absolute atomic E-state index is 0.0606. The first-order valence-corrected chi connectivity index (χ1v) is 12.0. The third kappa shape index (κ3) is 4.32. The number of hydrogen-bond donors (Lipinski definition) is 3. The molecule has 2 fully saturated rings. The number of carbonyl (C=O) groups is 1. The first kappa shape index (κ1) is 23.2. The Labute approximate surface area is 202 Å². The molecule has 0 spiro atoms. The molecule has 0 unspecified atom stereocenters. The van der Waals surface area contributed by atoms with Crippen molar-refractivity contribution in [3.8, 4) is 5.75 Å². The van der Waals surface area contributed by atoms with Gasteiger partial charge in [-0.05, 0) is 55.9 Å². The van der Waals surface area contributed by atoms with E-state index in [1.54, 1.807) is 17.0 Å². The van der Waals surface area contributed by atoms with Gasteiger partial charge in [0.1, 0.15) is 22.9 Å². The molecule has 1 atom stereocenters. The molecule has 184 valence electrons. The lowest BCUT2D eigenvalue weighted by atomic mass is 10.1. The molecule has 1 aromatic heterocycles. The van der Waals surface area contributed by atoms with Gasteiger partial charge < -0.3 is 29.8 Å². The van der Waals surface area contributed by atoms with Crippen molar-refractivity contribution in [3.05, 3.63) is 67.4 Å². The monoisotopic (exact) mass is 479 g/mol. The topological polar surface area (TPSA) is 121 Å². The van der Waals surface area contributed by atoms with Gasteiger partial charge in [-0.3, -0.25) is 14.4 Å². The molecule has 2 heterocycles. The van der Waals surface area contributed by atoms with Crippen LogP contribution in [0.4, 0.5) is 17.1 Å². The summed E-state index contributed by atoms with van der Waals surface area (Å²) in [5.41, 5.74) is 0.402. The van der Waals surface area contributed by atoms with Crippen molar-refractivity contribution >= 4 is 23.0 Å². The van der Waals surface area contributed by atoms with Gasteiger partial charge in [-0.1, -0.05) is 13.0 Å². The number of carbonyl (C=O) groups excluding carboxylic acids is 1. The largest absolute Gasteiger partial charge is 0.505 e. The van der Waals surface area contributed by atoms with Gasteiger partial charge in [0.25, 0.3) is 16.8 Å². The molecule has 2 aliphatic rings. The Balaban J connectivity index is 1.37. The van der Waals surface area contributed by atoms with Crippen LogP contribution in [0.15, 0.2) is 38.3 Å². The van der Waals surface area contributed by atoms with E-state index >= 15 is 0 Å². The van der Waals surface area contributed by atoms with Crippen molar-refractivity contribution in [2.75, 3.05) is 36.9 Å². The minimum Gasteiger partial charge on any atom is -0.505 e. The molecule has 3 aromatic rings. The molecule has 1 saturated heterocycles. The van der Waals surface area contributed by atoms with E-state index in [0.29, 0.717) is 38.6 Å². The Bertz CT molecular complexity index is 1330. The summed E-state index contributed by atoms with van der Waals surface area (Å²) in [4.78, 5) is 39.3. The van der Waals surface area contributed by atoms with E-state index < -0.39 is 10.9 Å². The zero-order valence-electron chi connectivity index (χ0n) is 19.8. The number of furan rings is 1. The number of ether oxygens (including phenoxy) is 1. The van der Waals surface area contributed by atoms with Crippen molar-refractivity contribution in [1.29, 1.82) is 0 Å². The number of anilines is 3. The number of aromatic hydroxyl groups is 1. The van der Waals surface area contributed by atoms with Crippen molar-refractivity contribution in [2.24, 2.45) is 0 Å². The summed E-state index contributed by atoms with van der Waals surface area (Å²) in [6, 6.07) is 6.46. The van der Waals surface area contributed by atoms with E-state index in [9.17, 15) is 19.5 Å². The maximum atomic E-state index is 12.9. The molecule has 2 aromatic carbocycles. The quantitative estimate of drug-likeness (QED) is 0.331. The number of para-hydroxylation sites is 1. The molecule has 1 amide bonds. The molecular weight excluding hydrogens is 450 g/mol. The van der Waals surface area contributed by atoms with E-state index in [2.05, 4.69) is 10.6 Å². The average Bonchev–Trinajstić information content (AvgIpc) is 3.65. The summed E-state index contributed by atoms with van der Waals surface area (Å²) < 4.78 is 11.3. The van der Waals surface area contributed by atoms with Gasteiger partial charge in [-0.25, -0.2) is 0 Å². The molecular formula is C26H29N3O6. The fraction of sp³-hybridized carbons (Fsp3) is 0.423. The Morgan fingerprint density at radius 3 is 2.57 bits per heavy atom. The van der Waals surface area contributed by atoms with Gasteiger partial charge in [-0.15, -0.1) is 0 Å². The number of rotatable bonds is 8. The summed E-state index contributed by atoms with van der Waals surface area (Å²) in [5, 5.41) is 16.8. The van der Waals surface area contributed by atoms with E-state index in [4.69, 9.17) is 9.15 Å². The van der Waals surface area contributed by atoms with Crippen LogP contribution in [0.5, 0.6) is 5.75 Å². The Hall–Kier alpha value is -3.59. The van der Waals surface area contributed by atoms with Crippen molar-refractivity contribution in [3.63, 3.8) is 0 Å². The number of phenolic OH excluding ortho intramolecular Hbond substituents is 1. The van der Waals surface area contributed by atoms with Gasteiger partial charge in [0.05, 0.1) is 30.5 Å². The molecule has 9 heteroatoms. The lowest BCUT2D eigenvalue weighted by Crippen LogP contribution is -2.40. The first-order chi connectivity index (χ1) is 16.9. The van der Waals surface area contributed by atoms with Crippen molar-refractivity contribution in [1.82, 2.24) is 4.90 Å². The highest BCUT2D eigenvalue weighted by Gasteiger charge is 2.31. The fourth-order valence-electron chi connectivity index (χ4n) is 4.58. The SMILES string of the molecule is CC[C@@H](Nc1c(Nc2cccc(C(=O)N3CCOCC3)c2O)c(=O)c1=O)c1cc(C2CC2)c(C)o1. The second-order valence-corrected chi connectivity index (χ2v) is 9.18. The molecule has 3 N–H and O–H groups in total. The van der Waals surface area contributed by atoms with Crippen LogP contribution in [0.1, 0.15) is 65.6 Å². The maximum Gasteiger partial charge on any atom is 0.257 e. The highest BCUT2D eigenvalue weighted by Crippen LogP contribution is 2.44. The van der Waals surface area contributed by atoms with Gasteiger partial charge in [0, 0.05) is 13.1 Å². The van der Waals surface area contributed by atoms with E-state index in [0.717, 1.165) is 24.4 Å². The zero-order valence-corrected chi connectivity index (χ0v) is 19.8. The summed E-state index contributed by atoms with van der Waals surface area (Å²) in [5.74, 6) is 1.57. The summed E-state index contributed by atoms with van der Waals surface area (Å²) in [6.07, 6.45) is 2.96. The average molecular weight is 480 g/mol. The van der Waals surface area contributed by atoms with Crippen LogP contribution in [-0.2, 0) is 4.74 Å². The Morgan fingerprint density at radius 2 is 1.89 bits per heavy atom. The minimum atomic E-state index is -0.680. The molecule has 0 radical (unpaired) electrons. The summed E-state index contributed by atoms with van der Waals surface area (Å²) in [7, 11) is 0. The normalized spacial score (nSPS) is 16.9. The zero-order chi connectivity index (χ0) is 24.7. The second kappa shape index (κ2) is 9.22. The highest BCUT2D eigenvalue weighted by atomic mass is 16.5. The number of nitrogens with one attached hydrogen (secondary N) is 2. The third-order valence-corrected chi connectivity index (χ3v) is 6.80. The number of phenols is 1. The number of aryl methyl sites for hydroxylation is 1. The third-order valence-electron chi connectivity index (χ3n) is 6.80. The fourth-order valence-corrected chi connectivity index (χ4v) is 4.58. The van der Waals surface area contributed by atoms with E-state index in [1.165, 1.54) is 11.6 Å². The maximum absolute atomic E-state index is 12.9. The second-order valence-electron chi connectivity index (χ2n) is 9.18. The number of benzene rings is 1. The summed E-state index contributed by atoms with van der Waals surface area (Å²) >= 11 is 0. The van der Waals surface area contributed by atoms with Crippen LogP contribution >= 0.6 is 0 Å². The van der Waals surface area contributed by atoms with Crippen LogP contribution in [-0.4, -0.2) is 42.2 Å². The lowest BCUT2D eigenvalue weighted by molar-refractivity contribution is 0.0301. The van der Waals surface area contributed by atoms with Crippen LogP contribution in [0, 0.1) is 6.92 Å². The molecule has 1 aliphatic heterocycles. The van der Waals surface area contributed by atoms with Crippen LogP contribution in [0.2, 0.25) is 0 Å². The number of amides is 1. The van der Waals surface area contributed by atoms with Gasteiger partial charge in [-0.2, -0.15) is 0 Å². The molecule has 0 bridgehead atoms. The molecule has 1 aliphatic carbocycles. The highest BCUT2D eigenvalue weighted by molar-refractivity contribution is 5.99. The molecule has 9 nitrogen and oxygen atoms in total. The van der Waals surface area contributed by atoms with Crippen molar-refractivity contribution in [2.45, 2.75) is 45.1 Å². The number of morpholine rings is 1. The first-order valence-electron chi connectivity index (χ1n) is 12.0. The van der Waals surface area contributed by atoms with E-state index in [-0.39, 0.29) is 40.3 Å². The predicted octanol–water partition coefficient (Wildman–Crippen LogP) is 3.55. The standard InChI is InChI=1S/C26H29N3O6/c1-3-18(20-13-17(14(2)35-20)15-7-8-15)27-21-22(25(32)24(21)31)28-19-6-4-5-16(23(19)30)26(33)29-9-11-34-12-10-29/h4-6,13,15,18,27-28,30H,3,7-12H2,1-2H3/t18-/m1/s1. The Kier molecular flexibility index (Phi) is 6.10. The van der Waals surface area contributed by atoms with Crippen LogP contribution < -0.4 is 21.5 Å². The van der Waals surface area contributed by atoms with Gasteiger partial charge >= 0.3 is 0 Å². The molecule has 35 heavy (non-hydrogen) atoms. The van der Waals surface area contributed by atoms with E-state index in [1.807, 2.05) is 19.9 Å². The number of nitrogens with zero attached hydrogens (tertiary/aromatic N) is 1. The predicted molar refractivity (Wildman–Crippen MR) is 132 cm³/mol.